The molecule has 0 bridgehead atoms. The lowest BCUT2D eigenvalue weighted by molar-refractivity contribution is 0.0314. The topological polar surface area (TPSA) is 98.6 Å². The van der Waals surface area contributed by atoms with E-state index in [1.54, 1.807) is 45.6 Å². The van der Waals surface area contributed by atoms with Crippen molar-refractivity contribution in [2.75, 3.05) is 26.6 Å². The number of benzene rings is 1. The van der Waals surface area contributed by atoms with Crippen molar-refractivity contribution in [2.24, 2.45) is 0 Å². The van der Waals surface area contributed by atoms with Gasteiger partial charge in [0.15, 0.2) is 11.5 Å². The van der Waals surface area contributed by atoms with Crippen LogP contribution in [0, 0.1) is 0 Å². The normalized spacial score (nSPS) is 12.0. The lowest BCUT2D eigenvalue weighted by Crippen LogP contribution is -2.44. The third-order valence-electron chi connectivity index (χ3n) is 4.67. The molecule has 2 rings (SSSR count). The van der Waals surface area contributed by atoms with Crippen LogP contribution in [0.3, 0.4) is 0 Å². The summed E-state index contributed by atoms with van der Waals surface area (Å²) in [7, 11) is 4.64. The van der Waals surface area contributed by atoms with Crippen molar-refractivity contribution in [3.63, 3.8) is 0 Å². The Morgan fingerprint density at radius 1 is 1.10 bits per heavy atom. The van der Waals surface area contributed by atoms with Crippen LogP contribution in [0.15, 0.2) is 43.6 Å². The van der Waals surface area contributed by atoms with Gasteiger partial charge in [-0.25, -0.2) is 4.98 Å². The van der Waals surface area contributed by atoms with Gasteiger partial charge in [0.2, 0.25) is 11.7 Å². The Hall–Kier alpha value is -3.13. The second kappa shape index (κ2) is 9.88. The summed E-state index contributed by atoms with van der Waals surface area (Å²) in [6, 6.07) is 3.20. The van der Waals surface area contributed by atoms with Gasteiger partial charge < -0.3 is 24.6 Å². The third kappa shape index (κ3) is 5.03. The number of rotatable bonds is 11. The first kappa shape index (κ1) is 22.2. The van der Waals surface area contributed by atoms with Crippen LogP contribution in [-0.2, 0) is 0 Å². The molecule has 0 aliphatic carbocycles. The van der Waals surface area contributed by atoms with Crippen LogP contribution in [0.1, 0.15) is 19.8 Å². The predicted octanol–water partition coefficient (Wildman–Crippen LogP) is 3.25. The second-order valence-corrected chi connectivity index (χ2v) is 6.53. The van der Waals surface area contributed by atoms with Crippen LogP contribution in [0.2, 0.25) is 0 Å². The van der Waals surface area contributed by atoms with Gasteiger partial charge in [-0.3, -0.25) is 0 Å². The smallest absolute Gasteiger partial charge is 0.243 e. The van der Waals surface area contributed by atoms with Crippen molar-refractivity contribution in [1.29, 1.82) is 0 Å². The highest BCUT2D eigenvalue weighted by molar-refractivity contribution is 5.68. The highest BCUT2D eigenvalue weighted by Gasteiger charge is 2.32. The van der Waals surface area contributed by atoms with Crippen molar-refractivity contribution in [3.05, 3.63) is 43.6 Å². The zero-order valence-electron chi connectivity index (χ0n) is 17.3. The molecule has 0 aliphatic heterocycles. The second-order valence-electron chi connectivity index (χ2n) is 6.53. The minimum atomic E-state index is -1.06. The van der Waals surface area contributed by atoms with Crippen LogP contribution >= 0.6 is 0 Å². The first-order valence-electron chi connectivity index (χ1n) is 9.13. The fourth-order valence-corrected chi connectivity index (χ4v) is 3.00. The van der Waals surface area contributed by atoms with Crippen molar-refractivity contribution < 1.29 is 19.3 Å². The van der Waals surface area contributed by atoms with Gasteiger partial charge in [-0.15, -0.1) is 18.3 Å². The minimum absolute atomic E-state index is 0.287. The van der Waals surface area contributed by atoms with Crippen molar-refractivity contribution >= 4 is 5.95 Å². The first-order chi connectivity index (χ1) is 13.9. The molecule has 0 fully saturated rings. The van der Waals surface area contributed by atoms with Crippen molar-refractivity contribution in [1.82, 2.24) is 15.2 Å². The Morgan fingerprint density at radius 3 is 2.17 bits per heavy atom. The molecule has 8 heteroatoms. The van der Waals surface area contributed by atoms with E-state index >= 15 is 0 Å². The Balaban J connectivity index is 2.36. The van der Waals surface area contributed by atoms with Gasteiger partial charge in [-0.05, 0) is 31.9 Å². The van der Waals surface area contributed by atoms with E-state index in [0.717, 1.165) is 5.56 Å². The van der Waals surface area contributed by atoms with Gasteiger partial charge >= 0.3 is 0 Å². The minimum Gasteiger partial charge on any atom is -0.493 e. The molecule has 1 aromatic heterocycles. The van der Waals surface area contributed by atoms with E-state index in [-0.39, 0.29) is 12.0 Å². The lowest BCUT2D eigenvalue weighted by atomic mass is 9.88. The van der Waals surface area contributed by atoms with Crippen LogP contribution in [-0.4, -0.2) is 53.3 Å². The number of ether oxygens (including phenoxy) is 3. The summed E-state index contributed by atoms with van der Waals surface area (Å²) in [6.45, 7) is 9.29. The number of methoxy groups -OCH3 is 3. The Morgan fingerprint density at radius 2 is 1.69 bits per heavy atom. The Labute approximate surface area is 171 Å². The number of aromatic nitrogens is 3. The van der Waals surface area contributed by atoms with E-state index in [1.165, 1.54) is 6.20 Å². The molecule has 0 saturated heterocycles. The summed E-state index contributed by atoms with van der Waals surface area (Å²) >= 11 is 0. The van der Waals surface area contributed by atoms with E-state index in [1.807, 2.05) is 6.92 Å². The highest BCUT2D eigenvalue weighted by Crippen LogP contribution is 2.40. The zero-order chi connectivity index (χ0) is 21.4. The molecule has 0 unspecified atom stereocenters. The van der Waals surface area contributed by atoms with Gasteiger partial charge in [-0.2, -0.15) is 5.10 Å². The van der Waals surface area contributed by atoms with Gasteiger partial charge in [0, 0.05) is 5.56 Å². The number of hydrogen-bond acceptors (Lipinski definition) is 8. The molecule has 0 aliphatic rings. The Bertz CT molecular complexity index is 821. The molecule has 29 heavy (non-hydrogen) atoms. The van der Waals surface area contributed by atoms with E-state index < -0.39 is 5.60 Å². The van der Waals surface area contributed by atoms with Gasteiger partial charge in [0.1, 0.15) is 0 Å². The lowest BCUT2D eigenvalue weighted by Gasteiger charge is -2.33. The molecule has 0 amide bonds. The molecule has 2 aromatic rings. The Kier molecular flexibility index (Phi) is 7.55. The molecular formula is C21H28N4O4. The van der Waals surface area contributed by atoms with Gasteiger partial charge in [0.05, 0.1) is 44.9 Å². The summed E-state index contributed by atoms with van der Waals surface area (Å²) < 4.78 is 16.1. The van der Waals surface area contributed by atoms with Gasteiger partial charge in [-0.1, -0.05) is 12.2 Å². The maximum atomic E-state index is 10.9. The van der Waals surface area contributed by atoms with E-state index in [0.29, 0.717) is 35.8 Å². The summed E-state index contributed by atoms with van der Waals surface area (Å²) in [5.41, 5.74) is 0.220. The monoisotopic (exact) mass is 400 g/mol. The molecule has 0 saturated carbocycles. The van der Waals surface area contributed by atoms with Gasteiger partial charge in [0.25, 0.3) is 0 Å². The summed E-state index contributed by atoms with van der Waals surface area (Å²) in [5.74, 6) is 1.80. The summed E-state index contributed by atoms with van der Waals surface area (Å²) in [4.78, 5) is 4.52. The predicted molar refractivity (Wildman–Crippen MR) is 113 cm³/mol. The number of nitrogens with zero attached hydrogens (tertiary/aromatic N) is 3. The van der Waals surface area contributed by atoms with Crippen LogP contribution in [0.5, 0.6) is 17.2 Å². The number of nitrogens with one attached hydrogen (secondary N) is 1. The molecule has 0 radical (unpaired) electrons. The average molecular weight is 400 g/mol. The first-order valence-corrected chi connectivity index (χ1v) is 9.13. The zero-order valence-corrected chi connectivity index (χ0v) is 17.3. The average Bonchev–Trinajstić information content (AvgIpc) is 2.73. The highest BCUT2D eigenvalue weighted by atomic mass is 16.5. The van der Waals surface area contributed by atoms with Crippen molar-refractivity contribution in [2.45, 2.75) is 31.4 Å². The number of aliphatic hydroxyl groups is 1. The van der Waals surface area contributed by atoms with E-state index in [2.05, 4.69) is 33.7 Å². The fourth-order valence-electron chi connectivity index (χ4n) is 3.00. The molecule has 1 aromatic carbocycles. The molecule has 2 N–H and O–H groups in total. The fraction of sp³-hybridized carbons (Fsp3) is 0.381. The van der Waals surface area contributed by atoms with Crippen LogP contribution in [0.25, 0.3) is 11.3 Å². The molecule has 8 nitrogen and oxygen atoms in total. The molecule has 0 spiro atoms. The van der Waals surface area contributed by atoms with E-state index in [9.17, 15) is 5.11 Å². The standard InChI is InChI=1S/C21H28N4O4/c1-7-9-21(26,10-8-2)14(3)23-20-24-16(13-22-25-20)15-11-17(27-4)19(29-6)18(12-15)28-5/h7-8,11-14,26H,1-2,9-10H2,3-6H3,(H,23,24,25)/t14-/m0/s1. The summed E-state index contributed by atoms with van der Waals surface area (Å²) in [5, 5.41) is 22.1. The largest absolute Gasteiger partial charge is 0.493 e. The quantitative estimate of drug-likeness (QED) is 0.555. The molecule has 156 valence electrons. The SMILES string of the molecule is C=CCC(O)(CC=C)[C@H](C)Nc1nncc(-c2cc(OC)c(OC)c(OC)c2)n1. The summed E-state index contributed by atoms with van der Waals surface area (Å²) in [6.07, 6.45) is 5.68. The molecule has 1 atom stereocenters. The van der Waals surface area contributed by atoms with Crippen LogP contribution < -0.4 is 19.5 Å². The third-order valence-corrected chi connectivity index (χ3v) is 4.67. The van der Waals surface area contributed by atoms with Crippen molar-refractivity contribution in [3.8, 4) is 28.5 Å². The van der Waals surface area contributed by atoms with Crippen LogP contribution in [0.4, 0.5) is 5.95 Å². The molecular weight excluding hydrogens is 372 g/mol. The van der Waals surface area contributed by atoms with E-state index in [4.69, 9.17) is 14.2 Å². The maximum Gasteiger partial charge on any atom is 0.243 e. The number of hydrogen-bond donors (Lipinski definition) is 2. The molecule has 1 heterocycles. The number of anilines is 1. The maximum absolute atomic E-state index is 10.9.